The first-order valence-electron chi connectivity index (χ1n) is 5.03. The maximum Gasteiger partial charge on any atom is 0.306 e. The van der Waals surface area contributed by atoms with E-state index in [9.17, 15) is 9.18 Å². The van der Waals surface area contributed by atoms with Gasteiger partial charge in [0.2, 0.25) is 0 Å². The Bertz CT molecular complexity index is 377. The van der Waals surface area contributed by atoms with Gasteiger partial charge in [-0.15, -0.1) is 0 Å². The van der Waals surface area contributed by atoms with Crippen molar-refractivity contribution in [2.45, 2.75) is 20.0 Å². The van der Waals surface area contributed by atoms with Crippen LogP contribution in [0.3, 0.4) is 0 Å². The van der Waals surface area contributed by atoms with Gasteiger partial charge in [0, 0.05) is 7.11 Å². The normalized spacial score (nSPS) is 12.4. The Kier molecular flexibility index (Phi) is 4.43. The molecule has 0 heterocycles. The molecule has 0 aliphatic heterocycles. The van der Waals surface area contributed by atoms with E-state index in [-0.39, 0.29) is 12.2 Å². The van der Waals surface area contributed by atoms with Gasteiger partial charge in [-0.3, -0.25) is 4.79 Å². The topological polar surface area (TPSA) is 46.5 Å². The molecule has 0 fully saturated rings. The largest absolute Gasteiger partial charge is 0.481 e. The van der Waals surface area contributed by atoms with Crippen LogP contribution < -0.4 is 0 Å². The zero-order chi connectivity index (χ0) is 12.1. The molecule has 1 unspecified atom stereocenters. The summed E-state index contributed by atoms with van der Waals surface area (Å²) >= 11 is 0. The van der Waals surface area contributed by atoms with Crippen LogP contribution in [0.4, 0.5) is 4.39 Å². The van der Waals surface area contributed by atoms with E-state index in [4.69, 9.17) is 9.84 Å². The van der Waals surface area contributed by atoms with Crippen LogP contribution in [0.15, 0.2) is 18.2 Å². The Morgan fingerprint density at radius 2 is 2.25 bits per heavy atom. The van der Waals surface area contributed by atoms with Gasteiger partial charge in [0.1, 0.15) is 5.82 Å². The van der Waals surface area contributed by atoms with Crippen molar-refractivity contribution in [1.82, 2.24) is 0 Å². The highest BCUT2D eigenvalue weighted by molar-refractivity contribution is 5.69. The molecular weight excluding hydrogens is 211 g/mol. The monoisotopic (exact) mass is 226 g/mol. The SMILES string of the molecule is COCc1ccc(F)c(CC(C)C(=O)O)c1. The van der Waals surface area contributed by atoms with Crippen molar-refractivity contribution in [3.05, 3.63) is 35.1 Å². The standard InChI is InChI=1S/C12H15FO3/c1-8(12(14)15)5-10-6-9(7-16-2)3-4-11(10)13/h3-4,6,8H,5,7H2,1-2H3,(H,14,15). The second-order valence-electron chi connectivity index (χ2n) is 3.80. The lowest BCUT2D eigenvalue weighted by molar-refractivity contribution is -0.141. The first-order chi connectivity index (χ1) is 7.54. The lowest BCUT2D eigenvalue weighted by atomic mass is 9.99. The third-order valence-corrected chi connectivity index (χ3v) is 2.37. The smallest absolute Gasteiger partial charge is 0.306 e. The number of aliphatic carboxylic acids is 1. The van der Waals surface area contributed by atoms with Crippen LogP contribution in [0.1, 0.15) is 18.1 Å². The van der Waals surface area contributed by atoms with Gasteiger partial charge in [0.15, 0.2) is 0 Å². The second kappa shape index (κ2) is 5.61. The van der Waals surface area contributed by atoms with Crippen LogP contribution >= 0.6 is 0 Å². The predicted octanol–water partition coefficient (Wildman–Crippen LogP) is 2.24. The first-order valence-corrected chi connectivity index (χ1v) is 5.03. The highest BCUT2D eigenvalue weighted by atomic mass is 19.1. The van der Waals surface area contributed by atoms with Crippen molar-refractivity contribution < 1.29 is 19.0 Å². The summed E-state index contributed by atoms with van der Waals surface area (Å²) in [5.41, 5.74) is 1.26. The average molecular weight is 226 g/mol. The molecule has 0 amide bonds. The Hall–Kier alpha value is -1.42. The number of halogens is 1. The number of hydrogen-bond donors (Lipinski definition) is 1. The van der Waals surface area contributed by atoms with Crippen LogP contribution in [0.5, 0.6) is 0 Å². The van der Waals surface area contributed by atoms with Crippen LogP contribution in [0.25, 0.3) is 0 Å². The number of carboxylic acids is 1. The summed E-state index contributed by atoms with van der Waals surface area (Å²) in [5, 5.41) is 8.76. The third kappa shape index (κ3) is 3.31. The van der Waals surface area contributed by atoms with Gasteiger partial charge in [-0.1, -0.05) is 19.1 Å². The molecule has 0 saturated carbocycles. The first kappa shape index (κ1) is 12.6. The quantitative estimate of drug-likeness (QED) is 0.837. The Morgan fingerprint density at radius 1 is 1.56 bits per heavy atom. The van der Waals surface area contributed by atoms with Gasteiger partial charge in [-0.05, 0) is 23.6 Å². The van der Waals surface area contributed by atoms with E-state index in [2.05, 4.69) is 0 Å². The highest BCUT2D eigenvalue weighted by Gasteiger charge is 2.14. The van der Waals surface area contributed by atoms with E-state index in [0.29, 0.717) is 12.2 Å². The Morgan fingerprint density at radius 3 is 2.81 bits per heavy atom. The van der Waals surface area contributed by atoms with Crippen molar-refractivity contribution in [3.8, 4) is 0 Å². The van der Waals surface area contributed by atoms with Crippen molar-refractivity contribution in [1.29, 1.82) is 0 Å². The summed E-state index contributed by atoms with van der Waals surface area (Å²) in [7, 11) is 1.56. The number of rotatable bonds is 5. The fraction of sp³-hybridized carbons (Fsp3) is 0.417. The molecule has 16 heavy (non-hydrogen) atoms. The summed E-state index contributed by atoms with van der Waals surface area (Å²) in [5.74, 6) is -1.88. The predicted molar refractivity (Wildman–Crippen MR) is 57.6 cm³/mol. The zero-order valence-electron chi connectivity index (χ0n) is 9.37. The van der Waals surface area contributed by atoms with Gasteiger partial charge in [-0.25, -0.2) is 4.39 Å². The summed E-state index contributed by atoms with van der Waals surface area (Å²) in [4.78, 5) is 10.7. The lowest BCUT2D eigenvalue weighted by Gasteiger charge is -2.09. The van der Waals surface area contributed by atoms with Crippen LogP contribution in [0.2, 0.25) is 0 Å². The van der Waals surface area contributed by atoms with Crippen molar-refractivity contribution in [2.75, 3.05) is 7.11 Å². The van der Waals surface area contributed by atoms with Crippen LogP contribution in [-0.2, 0) is 22.6 Å². The Balaban J connectivity index is 2.85. The fourth-order valence-corrected chi connectivity index (χ4v) is 1.46. The summed E-state index contributed by atoms with van der Waals surface area (Å²) in [6.07, 6.45) is 0.193. The molecule has 0 spiro atoms. The van der Waals surface area contributed by atoms with E-state index < -0.39 is 11.9 Å². The number of carbonyl (C=O) groups is 1. The number of benzene rings is 1. The zero-order valence-corrected chi connectivity index (χ0v) is 9.37. The third-order valence-electron chi connectivity index (χ3n) is 2.37. The minimum absolute atomic E-state index is 0.193. The minimum atomic E-state index is -0.920. The van der Waals surface area contributed by atoms with Gasteiger partial charge in [0.25, 0.3) is 0 Å². The van der Waals surface area contributed by atoms with Gasteiger partial charge in [0.05, 0.1) is 12.5 Å². The number of carboxylic acid groups (broad SMARTS) is 1. The fourth-order valence-electron chi connectivity index (χ4n) is 1.46. The van der Waals surface area contributed by atoms with Gasteiger partial charge in [-0.2, -0.15) is 0 Å². The minimum Gasteiger partial charge on any atom is -0.481 e. The van der Waals surface area contributed by atoms with E-state index in [1.165, 1.54) is 6.07 Å². The van der Waals surface area contributed by atoms with E-state index in [1.807, 2.05) is 0 Å². The number of hydrogen-bond acceptors (Lipinski definition) is 2. The van der Waals surface area contributed by atoms with Crippen molar-refractivity contribution >= 4 is 5.97 Å². The summed E-state index contributed by atoms with van der Waals surface area (Å²) in [6, 6.07) is 4.63. The van der Waals surface area contributed by atoms with E-state index in [0.717, 1.165) is 5.56 Å². The average Bonchev–Trinajstić information content (AvgIpc) is 2.23. The molecule has 88 valence electrons. The molecule has 0 saturated heterocycles. The number of ether oxygens (including phenoxy) is 1. The highest BCUT2D eigenvalue weighted by Crippen LogP contribution is 2.16. The van der Waals surface area contributed by atoms with E-state index in [1.54, 1.807) is 26.2 Å². The van der Waals surface area contributed by atoms with Crippen molar-refractivity contribution in [2.24, 2.45) is 5.92 Å². The maximum atomic E-state index is 13.4. The molecule has 1 rings (SSSR count). The molecular formula is C12H15FO3. The molecule has 1 aromatic rings. The van der Waals surface area contributed by atoms with Gasteiger partial charge < -0.3 is 9.84 Å². The lowest BCUT2D eigenvalue weighted by Crippen LogP contribution is -2.13. The summed E-state index contributed by atoms with van der Waals surface area (Å²) < 4.78 is 18.3. The second-order valence-corrected chi connectivity index (χ2v) is 3.80. The van der Waals surface area contributed by atoms with Gasteiger partial charge >= 0.3 is 5.97 Å². The van der Waals surface area contributed by atoms with Crippen LogP contribution in [0, 0.1) is 11.7 Å². The van der Waals surface area contributed by atoms with Crippen molar-refractivity contribution in [3.63, 3.8) is 0 Å². The molecule has 4 heteroatoms. The molecule has 0 aliphatic rings. The molecule has 1 atom stereocenters. The molecule has 0 radical (unpaired) electrons. The molecule has 0 bridgehead atoms. The molecule has 1 aromatic carbocycles. The molecule has 1 N–H and O–H groups in total. The maximum absolute atomic E-state index is 13.4. The molecule has 0 aromatic heterocycles. The molecule has 3 nitrogen and oxygen atoms in total. The molecule has 0 aliphatic carbocycles. The van der Waals surface area contributed by atoms with Crippen LogP contribution in [-0.4, -0.2) is 18.2 Å². The number of methoxy groups -OCH3 is 1. The van der Waals surface area contributed by atoms with E-state index >= 15 is 0 Å². The summed E-state index contributed by atoms with van der Waals surface area (Å²) in [6.45, 7) is 1.96. The Labute approximate surface area is 93.9 Å².